The lowest BCUT2D eigenvalue weighted by atomic mass is 10.2. The molecule has 1 rings (SSSR count). The van der Waals surface area contributed by atoms with Crippen molar-refractivity contribution in [3.63, 3.8) is 0 Å². The SMILES string of the molecule is CS(=O)(=O)C(O[C]=O)c1ccccc1. The molecule has 0 bridgehead atoms. The normalized spacial score (nSPS) is 13.2. The molecule has 0 saturated heterocycles. The number of hydrogen-bond acceptors (Lipinski definition) is 4. The third-order valence-electron chi connectivity index (χ3n) is 1.62. The Morgan fingerprint density at radius 3 is 2.29 bits per heavy atom. The van der Waals surface area contributed by atoms with Gasteiger partial charge < -0.3 is 4.74 Å². The van der Waals surface area contributed by atoms with Crippen LogP contribution >= 0.6 is 0 Å². The molecule has 1 aromatic carbocycles. The van der Waals surface area contributed by atoms with Crippen LogP contribution in [0.2, 0.25) is 0 Å². The highest BCUT2D eigenvalue weighted by molar-refractivity contribution is 7.90. The first-order valence-corrected chi connectivity index (χ1v) is 5.78. The summed E-state index contributed by atoms with van der Waals surface area (Å²) in [5, 5.41) is 0. The number of benzene rings is 1. The van der Waals surface area contributed by atoms with E-state index in [4.69, 9.17) is 0 Å². The monoisotopic (exact) mass is 213 g/mol. The van der Waals surface area contributed by atoms with E-state index in [2.05, 4.69) is 4.74 Å². The van der Waals surface area contributed by atoms with Crippen LogP contribution in [0.1, 0.15) is 11.0 Å². The molecule has 0 aromatic heterocycles. The average Bonchev–Trinajstić information content (AvgIpc) is 2.14. The molecule has 0 saturated carbocycles. The van der Waals surface area contributed by atoms with E-state index in [0.29, 0.717) is 5.56 Å². The van der Waals surface area contributed by atoms with E-state index in [1.807, 2.05) is 0 Å². The van der Waals surface area contributed by atoms with Crippen molar-refractivity contribution in [3.05, 3.63) is 35.9 Å². The standard InChI is InChI=1S/C9H9O4S/c1-14(11,12)9(13-7-10)8-5-3-2-4-6-8/h2-6,9H,1H3. The number of ether oxygens (including phenoxy) is 1. The Labute approximate surface area is 82.4 Å². The molecule has 1 radical (unpaired) electrons. The second kappa shape index (κ2) is 4.23. The number of rotatable bonds is 4. The number of sulfone groups is 1. The van der Waals surface area contributed by atoms with Gasteiger partial charge in [-0.2, -0.15) is 0 Å². The lowest BCUT2D eigenvalue weighted by Crippen LogP contribution is -2.14. The van der Waals surface area contributed by atoms with E-state index in [0.717, 1.165) is 12.7 Å². The van der Waals surface area contributed by atoms with Crippen molar-refractivity contribution < 1.29 is 17.9 Å². The molecule has 1 unspecified atom stereocenters. The quantitative estimate of drug-likeness (QED) is 0.742. The molecule has 1 aromatic rings. The lowest BCUT2D eigenvalue weighted by Gasteiger charge is -2.12. The van der Waals surface area contributed by atoms with Gasteiger partial charge in [0.2, 0.25) is 5.44 Å². The van der Waals surface area contributed by atoms with Gasteiger partial charge in [0, 0.05) is 11.8 Å². The van der Waals surface area contributed by atoms with E-state index in [1.54, 1.807) is 30.3 Å². The first-order valence-electron chi connectivity index (χ1n) is 3.82. The summed E-state index contributed by atoms with van der Waals surface area (Å²) in [6, 6.07) is 8.23. The molecule has 0 spiro atoms. The van der Waals surface area contributed by atoms with Gasteiger partial charge in [-0.25, -0.2) is 13.2 Å². The van der Waals surface area contributed by atoms with E-state index in [9.17, 15) is 13.2 Å². The third-order valence-corrected chi connectivity index (χ3v) is 2.76. The largest absolute Gasteiger partial charge is 0.433 e. The Morgan fingerprint density at radius 2 is 1.86 bits per heavy atom. The van der Waals surface area contributed by atoms with Crippen molar-refractivity contribution >= 4 is 16.3 Å². The molecule has 0 heterocycles. The van der Waals surface area contributed by atoms with Crippen molar-refractivity contribution in [1.82, 2.24) is 0 Å². The smallest absolute Gasteiger partial charge is 0.419 e. The maximum absolute atomic E-state index is 11.2. The fraction of sp³-hybridized carbons (Fsp3) is 0.222. The molecule has 0 aliphatic heterocycles. The summed E-state index contributed by atoms with van der Waals surface area (Å²) in [5.74, 6) is 0. The summed E-state index contributed by atoms with van der Waals surface area (Å²) in [6.07, 6.45) is 1.00. The van der Waals surface area contributed by atoms with Gasteiger partial charge in [-0.05, 0) is 0 Å². The Bertz CT molecular complexity index is 396. The Morgan fingerprint density at radius 1 is 1.29 bits per heavy atom. The van der Waals surface area contributed by atoms with Crippen LogP contribution in [-0.4, -0.2) is 21.1 Å². The molecule has 0 aliphatic carbocycles. The Kier molecular flexibility index (Phi) is 3.24. The van der Waals surface area contributed by atoms with Gasteiger partial charge >= 0.3 is 6.47 Å². The molecule has 0 N–H and O–H groups in total. The van der Waals surface area contributed by atoms with Gasteiger partial charge in [-0.3, -0.25) is 0 Å². The average molecular weight is 213 g/mol. The van der Waals surface area contributed by atoms with Crippen LogP contribution in [0.15, 0.2) is 30.3 Å². The molecule has 0 amide bonds. The van der Waals surface area contributed by atoms with Crippen molar-refractivity contribution in [2.75, 3.05) is 6.26 Å². The molecule has 75 valence electrons. The zero-order valence-corrected chi connectivity index (χ0v) is 8.32. The molecule has 0 aliphatic rings. The second-order valence-electron chi connectivity index (χ2n) is 2.77. The van der Waals surface area contributed by atoms with Crippen LogP contribution in [0.5, 0.6) is 0 Å². The van der Waals surface area contributed by atoms with E-state index >= 15 is 0 Å². The minimum Gasteiger partial charge on any atom is -0.433 e. The highest BCUT2D eigenvalue weighted by Crippen LogP contribution is 2.21. The van der Waals surface area contributed by atoms with Gasteiger partial charge in [0.15, 0.2) is 9.84 Å². The molecule has 0 fully saturated rings. The van der Waals surface area contributed by atoms with E-state index < -0.39 is 15.3 Å². The first kappa shape index (κ1) is 10.7. The predicted molar refractivity (Wildman–Crippen MR) is 50.8 cm³/mol. The van der Waals surface area contributed by atoms with Gasteiger partial charge in [0.25, 0.3) is 0 Å². The second-order valence-corrected chi connectivity index (χ2v) is 4.86. The lowest BCUT2D eigenvalue weighted by molar-refractivity contribution is 0.246. The minimum absolute atomic E-state index is 0.415. The van der Waals surface area contributed by atoms with Gasteiger partial charge in [-0.1, -0.05) is 30.3 Å². The Balaban J connectivity index is 3.07. The fourth-order valence-corrected chi connectivity index (χ4v) is 1.92. The molecule has 5 heteroatoms. The maximum Gasteiger partial charge on any atom is 0.419 e. The van der Waals surface area contributed by atoms with Crippen molar-refractivity contribution in [2.24, 2.45) is 0 Å². The summed E-state index contributed by atoms with van der Waals surface area (Å²) in [5.41, 5.74) is -0.848. The van der Waals surface area contributed by atoms with Crippen LogP contribution < -0.4 is 0 Å². The molecule has 4 nitrogen and oxygen atoms in total. The summed E-state index contributed by atoms with van der Waals surface area (Å²) in [7, 11) is -3.46. The van der Waals surface area contributed by atoms with Crippen molar-refractivity contribution in [1.29, 1.82) is 0 Å². The zero-order chi connectivity index (χ0) is 10.6. The first-order chi connectivity index (χ1) is 6.55. The highest BCUT2D eigenvalue weighted by atomic mass is 32.2. The molecule has 14 heavy (non-hydrogen) atoms. The molecular weight excluding hydrogens is 204 g/mol. The molecular formula is C9H9O4S. The number of hydrogen-bond donors (Lipinski definition) is 0. The van der Waals surface area contributed by atoms with E-state index in [-0.39, 0.29) is 0 Å². The van der Waals surface area contributed by atoms with Crippen LogP contribution in [0.3, 0.4) is 0 Å². The van der Waals surface area contributed by atoms with Crippen LogP contribution in [0.25, 0.3) is 0 Å². The number of carbonyl (C=O) groups excluding carboxylic acids is 1. The van der Waals surface area contributed by atoms with Crippen LogP contribution in [-0.2, 0) is 19.4 Å². The van der Waals surface area contributed by atoms with Gasteiger partial charge in [-0.15, -0.1) is 0 Å². The maximum atomic E-state index is 11.2. The summed E-state index contributed by atoms with van der Waals surface area (Å²) < 4.78 is 26.8. The Hall–Kier alpha value is -1.36. The summed E-state index contributed by atoms with van der Waals surface area (Å²) in [4.78, 5) is 10.0. The fourth-order valence-electron chi connectivity index (χ4n) is 1.06. The summed E-state index contributed by atoms with van der Waals surface area (Å²) in [6.45, 7) is 1.14. The van der Waals surface area contributed by atoms with Crippen LogP contribution in [0, 0.1) is 0 Å². The minimum atomic E-state index is -3.46. The van der Waals surface area contributed by atoms with Crippen molar-refractivity contribution in [3.8, 4) is 0 Å². The van der Waals surface area contributed by atoms with E-state index in [1.165, 1.54) is 0 Å². The topological polar surface area (TPSA) is 60.4 Å². The van der Waals surface area contributed by atoms with Crippen LogP contribution in [0.4, 0.5) is 0 Å². The predicted octanol–water partition coefficient (Wildman–Crippen LogP) is 0.814. The summed E-state index contributed by atoms with van der Waals surface area (Å²) >= 11 is 0. The van der Waals surface area contributed by atoms with Crippen molar-refractivity contribution in [2.45, 2.75) is 5.44 Å². The van der Waals surface area contributed by atoms with Gasteiger partial charge in [0.1, 0.15) is 0 Å². The highest BCUT2D eigenvalue weighted by Gasteiger charge is 2.23. The van der Waals surface area contributed by atoms with Gasteiger partial charge in [0.05, 0.1) is 0 Å². The molecule has 1 atom stereocenters. The zero-order valence-electron chi connectivity index (χ0n) is 7.51. The third kappa shape index (κ3) is 2.56.